The van der Waals surface area contributed by atoms with Gasteiger partial charge in [-0.2, -0.15) is 0 Å². The van der Waals surface area contributed by atoms with Gasteiger partial charge in [-0.3, -0.25) is 14.4 Å². The number of esters is 1. The van der Waals surface area contributed by atoms with Crippen LogP contribution in [0.4, 0.5) is 0 Å². The van der Waals surface area contributed by atoms with E-state index in [4.69, 9.17) is 4.74 Å². The summed E-state index contributed by atoms with van der Waals surface area (Å²) >= 11 is 0. The van der Waals surface area contributed by atoms with Gasteiger partial charge in [-0.05, 0) is 81.0 Å². The predicted molar refractivity (Wildman–Crippen MR) is 97.2 cm³/mol. The molecule has 4 nitrogen and oxygen atoms in total. The lowest BCUT2D eigenvalue weighted by molar-refractivity contribution is -0.164. The topological polar surface area (TPSA) is 60.4 Å². The van der Waals surface area contributed by atoms with Gasteiger partial charge in [0.25, 0.3) is 0 Å². The van der Waals surface area contributed by atoms with Crippen LogP contribution in [0.3, 0.4) is 0 Å². The fourth-order valence-corrected chi connectivity index (χ4v) is 7.48. The zero-order valence-electron chi connectivity index (χ0n) is 16.3. The van der Waals surface area contributed by atoms with Gasteiger partial charge in [0.05, 0.1) is 0 Å². The summed E-state index contributed by atoms with van der Waals surface area (Å²) < 4.78 is 5.50. The summed E-state index contributed by atoms with van der Waals surface area (Å²) in [5, 5.41) is 0. The molecule has 4 rings (SSSR count). The highest BCUT2D eigenvalue weighted by atomic mass is 16.5. The molecule has 0 aliphatic heterocycles. The number of hydrogen-bond acceptors (Lipinski definition) is 4. The fourth-order valence-electron chi connectivity index (χ4n) is 7.48. The van der Waals surface area contributed by atoms with Crippen LogP contribution in [0.5, 0.6) is 0 Å². The van der Waals surface area contributed by atoms with Crippen molar-refractivity contribution in [3.8, 4) is 0 Å². The number of ketones is 2. The first-order valence-electron chi connectivity index (χ1n) is 10.5. The Labute approximate surface area is 156 Å². The first-order chi connectivity index (χ1) is 12.3. The summed E-state index contributed by atoms with van der Waals surface area (Å²) in [5.74, 6) is 2.61. The molecule has 4 aliphatic carbocycles. The standard InChI is InChI=1S/C22H32O4/c1-12(23)16-6-7-17-18-5-4-14-10-15(26-13(2)24)8-9-22(14,3)21(18)20(25)11-19(16)17/h14-19,21H,4-11H2,1-3H3/t14-,15-,16+,17-,18-,19+,21-,22-/m0/s1. The highest BCUT2D eigenvalue weighted by Crippen LogP contribution is 2.63. The van der Waals surface area contributed by atoms with E-state index in [9.17, 15) is 14.4 Å². The molecule has 26 heavy (non-hydrogen) atoms. The molecule has 4 aliphatic rings. The van der Waals surface area contributed by atoms with Crippen molar-refractivity contribution in [3.05, 3.63) is 0 Å². The zero-order chi connectivity index (χ0) is 18.6. The number of rotatable bonds is 2. The van der Waals surface area contributed by atoms with Crippen molar-refractivity contribution in [2.45, 2.75) is 78.2 Å². The van der Waals surface area contributed by atoms with Crippen molar-refractivity contribution in [2.24, 2.45) is 40.9 Å². The van der Waals surface area contributed by atoms with E-state index in [2.05, 4.69) is 6.92 Å². The minimum atomic E-state index is -0.190. The van der Waals surface area contributed by atoms with E-state index in [0.717, 1.165) is 44.9 Å². The van der Waals surface area contributed by atoms with E-state index < -0.39 is 0 Å². The number of fused-ring (bicyclic) bond motifs is 5. The van der Waals surface area contributed by atoms with Crippen molar-refractivity contribution < 1.29 is 19.1 Å². The molecule has 0 N–H and O–H groups in total. The van der Waals surface area contributed by atoms with Gasteiger partial charge in [-0.25, -0.2) is 0 Å². The Morgan fingerprint density at radius 2 is 1.73 bits per heavy atom. The number of carbonyl (C=O) groups is 3. The Balaban J connectivity index is 1.56. The molecular formula is C22H32O4. The van der Waals surface area contributed by atoms with E-state index in [1.54, 1.807) is 6.92 Å². The van der Waals surface area contributed by atoms with E-state index in [0.29, 0.717) is 35.9 Å². The second-order valence-corrected chi connectivity index (χ2v) is 9.72. The molecule has 0 aromatic rings. The summed E-state index contributed by atoms with van der Waals surface area (Å²) in [7, 11) is 0. The van der Waals surface area contributed by atoms with Crippen LogP contribution in [0.2, 0.25) is 0 Å². The molecule has 0 unspecified atom stereocenters. The van der Waals surface area contributed by atoms with E-state index >= 15 is 0 Å². The molecule has 0 saturated heterocycles. The third-order valence-electron chi connectivity index (χ3n) is 8.54. The summed E-state index contributed by atoms with van der Waals surface area (Å²) in [4.78, 5) is 36.6. The number of ether oxygens (including phenoxy) is 1. The molecule has 0 heterocycles. The third-order valence-corrected chi connectivity index (χ3v) is 8.54. The van der Waals surface area contributed by atoms with Crippen LogP contribution < -0.4 is 0 Å². The molecule has 0 amide bonds. The van der Waals surface area contributed by atoms with Crippen LogP contribution in [-0.2, 0) is 19.1 Å². The summed E-state index contributed by atoms with van der Waals surface area (Å²) in [6.07, 6.45) is 7.77. The average Bonchev–Trinajstić information content (AvgIpc) is 2.98. The zero-order valence-corrected chi connectivity index (χ0v) is 16.3. The van der Waals surface area contributed by atoms with E-state index in [1.165, 1.54) is 6.92 Å². The first kappa shape index (κ1) is 18.2. The van der Waals surface area contributed by atoms with Crippen molar-refractivity contribution in [2.75, 3.05) is 0 Å². The van der Waals surface area contributed by atoms with Crippen LogP contribution in [0.25, 0.3) is 0 Å². The maximum Gasteiger partial charge on any atom is 0.302 e. The Morgan fingerprint density at radius 3 is 2.42 bits per heavy atom. The van der Waals surface area contributed by atoms with Crippen LogP contribution in [-0.4, -0.2) is 23.6 Å². The van der Waals surface area contributed by atoms with E-state index in [1.807, 2.05) is 0 Å². The van der Waals surface area contributed by atoms with Crippen LogP contribution in [0, 0.1) is 40.9 Å². The average molecular weight is 360 g/mol. The fraction of sp³-hybridized carbons (Fsp3) is 0.864. The quantitative estimate of drug-likeness (QED) is 0.700. The molecule has 4 saturated carbocycles. The Bertz CT molecular complexity index is 626. The monoisotopic (exact) mass is 360 g/mol. The van der Waals surface area contributed by atoms with Gasteiger partial charge in [-0.15, -0.1) is 0 Å². The summed E-state index contributed by atoms with van der Waals surface area (Å²) in [6.45, 7) is 5.52. The smallest absolute Gasteiger partial charge is 0.302 e. The maximum absolute atomic E-state index is 13.3. The summed E-state index contributed by atoms with van der Waals surface area (Å²) in [5.41, 5.74) is 0.0515. The van der Waals surface area contributed by atoms with Crippen LogP contribution in [0.15, 0.2) is 0 Å². The number of hydrogen-bond donors (Lipinski definition) is 0. The molecule has 0 spiro atoms. The second-order valence-electron chi connectivity index (χ2n) is 9.72. The van der Waals surface area contributed by atoms with Gasteiger partial charge in [0, 0.05) is 25.2 Å². The normalized spacial score (nSPS) is 47.5. The third kappa shape index (κ3) is 2.75. The maximum atomic E-state index is 13.3. The molecule has 144 valence electrons. The highest BCUT2D eigenvalue weighted by molar-refractivity contribution is 5.86. The molecule has 0 bridgehead atoms. The van der Waals surface area contributed by atoms with Crippen LogP contribution >= 0.6 is 0 Å². The molecule has 4 fully saturated rings. The lowest BCUT2D eigenvalue weighted by atomic mass is 9.46. The van der Waals surface area contributed by atoms with Crippen LogP contribution in [0.1, 0.15) is 72.1 Å². The lowest BCUT2D eigenvalue weighted by Crippen LogP contribution is -2.55. The lowest BCUT2D eigenvalue weighted by Gasteiger charge is -2.58. The Kier molecular flexibility index (Phi) is 4.51. The number of carbonyl (C=O) groups excluding carboxylic acids is 3. The number of Topliss-reactive ketones (excluding diaryl/α,β-unsaturated/α-hetero) is 2. The van der Waals surface area contributed by atoms with Crippen molar-refractivity contribution in [1.82, 2.24) is 0 Å². The molecule has 0 aromatic carbocycles. The molecule has 8 atom stereocenters. The van der Waals surface area contributed by atoms with Gasteiger partial charge >= 0.3 is 5.97 Å². The SMILES string of the molecule is CC(=O)O[C@H]1CC[C@@]2(C)[C@@H](CC[C@H]3[C@@H]4CC[C@H](C(C)=O)[C@H]4CC(=O)[C@H]32)C1. The van der Waals surface area contributed by atoms with Gasteiger partial charge < -0.3 is 4.74 Å². The summed E-state index contributed by atoms with van der Waals surface area (Å²) in [6, 6.07) is 0. The predicted octanol–water partition coefficient (Wildman–Crippen LogP) is 3.95. The Morgan fingerprint density at radius 1 is 1.00 bits per heavy atom. The molecule has 4 heteroatoms. The van der Waals surface area contributed by atoms with Crippen molar-refractivity contribution in [1.29, 1.82) is 0 Å². The van der Waals surface area contributed by atoms with Gasteiger partial charge in [0.15, 0.2) is 0 Å². The largest absolute Gasteiger partial charge is 0.463 e. The van der Waals surface area contributed by atoms with Crippen molar-refractivity contribution in [3.63, 3.8) is 0 Å². The van der Waals surface area contributed by atoms with Crippen molar-refractivity contribution >= 4 is 17.5 Å². The van der Waals surface area contributed by atoms with E-state index in [-0.39, 0.29) is 35.1 Å². The molecule has 0 aromatic heterocycles. The molecular weight excluding hydrogens is 328 g/mol. The first-order valence-corrected chi connectivity index (χ1v) is 10.5. The Hall–Kier alpha value is -1.19. The second kappa shape index (κ2) is 6.45. The minimum absolute atomic E-state index is 0.0298. The van der Waals surface area contributed by atoms with Gasteiger partial charge in [-0.1, -0.05) is 6.92 Å². The highest BCUT2D eigenvalue weighted by Gasteiger charge is 2.60. The van der Waals surface area contributed by atoms with Gasteiger partial charge in [0.1, 0.15) is 17.7 Å². The van der Waals surface area contributed by atoms with Gasteiger partial charge in [0.2, 0.25) is 0 Å². The minimum Gasteiger partial charge on any atom is -0.463 e. The molecule has 0 radical (unpaired) electrons.